The van der Waals surface area contributed by atoms with Crippen molar-refractivity contribution in [3.05, 3.63) is 12.1 Å². The summed E-state index contributed by atoms with van der Waals surface area (Å²) in [5.74, 6) is 2.93. The molecule has 7 heteroatoms. The molecule has 0 bridgehead atoms. The Hall–Kier alpha value is -1.89. The second-order valence-corrected chi connectivity index (χ2v) is 8.60. The molecule has 0 aliphatic carbocycles. The fourth-order valence-electron chi connectivity index (χ4n) is 4.24. The number of likely N-dealkylation sites (tertiary alicyclic amines) is 1. The number of aromatic nitrogens is 2. The highest BCUT2D eigenvalue weighted by atomic mass is 16.1. The fourth-order valence-corrected chi connectivity index (χ4v) is 4.24. The van der Waals surface area contributed by atoms with Crippen LogP contribution in [-0.4, -0.2) is 74.4 Å². The number of rotatable bonds is 7. The minimum atomic E-state index is 0.125. The second kappa shape index (κ2) is 10.0. The molecule has 1 aromatic heterocycles. The predicted molar refractivity (Wildman–Crippen MR) is 114 cm³/mol. The highest BCUT2D eigenvalue weighted by molar-refractivity contribution is 5.78. The zero-order valence-electron chi connectivity index (χ0n) is 17.7. The Labute approximate surface area is 169 Å². The lowest BCUT2D eigenvalue weighted by molar-refractivity contribution is -0.125. The Morgan fingerprint density at radius 3 is 2.61 bits per heavy atom. The monoisotopic (exact) mass is 388 g/mol. The Bertz CT molecular complexity index is 612. The van der Waals surface area contributed by atoms with Gasteiger partial charge >= 0.3 is 0 Å². The van der Waals surface area contributed by atoms with E-state index in [9.17, 15) is 4.79 Å². The van der Waals surface area contributed by atoms with Crippen LogP contribution in [0.1, 0.15) is 39.0 Å². The molecular formula is C21H36N6O. The van der Waals surface area contributed by atoms with E-state index in [0.717, 1.165) is 63.0 Å². The maximum atomic E-state index is 12.5. The van der Waals surface area contributed by atoms with Gasteiger partial charge in [0.2, 0.25) is 5.91 Å². The Balaban J connectivity index is 1.34. The van der Waals surface area contributed by atoms with Crippen LogP contribution in [0.4, 0.5) is 11.6 Å². The van der Waals surface area contributed by atoms with Gasteiger partial charge in [0, 0.05) is 46.2 Å². The first-order chi connectivity index (χ1) is 13.5. The van der Waals surface area contributed by atoms with Crippen molar-refractivity contribution in [2.24, 2.45) is 11.8 Å². The SMILES string of the molecule is CC1CCCN(CCCNC(=O)C2CCN(c3ccc(N(C)C)nn3)CC2)C1. The van der Waals surface area contributed by atoms with Crippen LogP contribution in [0.5, 0.6) is 0 Å². The van der Waals surface area contributed by atoms with E-state index in [4.69, 9.17) is 0 Å². The first-order valence-corrected chi connectivity index (χ1v) is 10.8. The third kappa shape index (κ3) is 5.80. The van der Waals surface area contributed by atoms with Crippen molar-refractivity contribution in [1.82, 2.24) is 20.4 Å². The molecule has 0 aromatic carbocycles. The molecule has 1 atom stereocenters. The fraction of sp³-hybridized carbons (Fsp3) is 0.762. The van der Waals surface area contributed by atoms with Crippen molar-refractivity contribution in [2.45, 2.75) is 39.0 Å². The van der Waals surface area contributed by atoms with E-state index in [1.807, 2.05) is 31.1 Å². The van der Waals surface area contributed by atoms with Crippen LogP contribution in [0.25, 0.3) is 0 Å². The van der Waals surface area contributed by atoms with E-state index in [1.165, 1.54) is 25.9 Å². The van der Waals surface area contributed by atoms with Gasteiger partial charge in [0.25, 0.3) is 0 Å². The number of carbonyl (C=O) groups excluding carboxylic acids is 1. The summed E-state index contributed by atoms with van der Waals surface area (Å²) in [7, 11) is 3.92. The maximum absolute atomic E-state index is 12.5. The van der Waals surface area contributed by atoms with Gasteiger partial charge in [-0.15, -0.1) is 10.2 Å². The largest absolute Gasteiger partial charge is 0.361 e. The molecular weight excluding hydrogens is 352 g/mol. The molecule has 3 heterocycles. The van der Waals surface area contributed by atoms with Gasteiger partial charge in [-0.3, -0.25) is 4.79 Å². The maximum Gasteiger partial charge on any atom is 0.223 e. The number of hydrogen-bond donors (Lipinski definition) is 1. The van der Waals surface area contributed by atoms with Crippen LogP contribution < -0.4 is 15.1 Å². The smallest absolute Gasteiger partial charge is 0.223 e. The number of carbonyl (C=O) groups is 1. The molecule has 1 N–H and O–H groups in total. The number of nitrogens with zero attached hydrogens (tertiary/aromatic N) is 5. The van der Waals surface area contributed by atoms with E-state index in [0.29, 0.717) is 0 Å². The molecule has 0 radical (unpaired) electrons. The molecule has 2 aliphatic heterocycles. The molecule has 1 aromatic rings. The number of amides is 1. The van der Waals surface area contributed by atoms with Crippen LogP contribution in [0.15, 0.2) is 12.1 Å². The van der Waals surface area contributed by atoms with Crippen LogP contribution in [0.3, 0.4) is 0 Å². The van der Waals surface area contributed by atoms with Crippen molar-refractivity contribution in [1.29, 1.82) is 0 Å². The Morgan fingerprint density at radius 2 is 1.96 bits per heavy atom. The number of nitrogens with one attached hydrogen (secondary N) is 1. The third-order valence-corrected chi connectivity index (χ3v) is 5.98. The summed E-state index contributed by atoms with van der Waals surface area (Å²) < 4.78 is 0. The van der Waals surface area contributed by atoms with Gasteiger partial charge in [0.1, 0.15) is 0 Å². The topological polar surface area (TPSA) is 64.6 Å². The Kier molecular flexibility index (Phi) is 7.48. The van der Waals surface area contributed by atoms with Crippen molar-refractivity contribution < 1.29 is 4.79 Å². The third-order valence-electron chi connectivity index (χ3n) is 5.98. The molecule has 7 nitrogen and oxygen atoms in total. The first kappa shape index (κ1) is 20.8. The standard InChI is InChI=1S/C21H36N6O/c1-17-6-4-12-26(16-17)13-5-11-22-21(28)18-9-14-27(15-10-18)20-8-7-19(23-24-20)25(2)3/h7-8,17-18H,4-6,9-16H2,1-3H3,(H,22,28). The van der Waals surface area contributed by atoms with Gasteiger partial charge in [-0.25, -0.2) is 0 Å². The lowest BCUT2D eigenvalue weighted by atomic mass is 9.96. The summed E-state index contributed by atoms with van der Waals surface area (Å²) in [5, 5.41) is 11.7. The van der Waals surface area contributed by atoms with Crippen LogP contribution in [0.2, 0.25) is 0 Å². The quantitative estimate of drug-likeness (QED) is 0.721. The molecule has 156 valence electrons. The molecule has 3 rings (SSSR count). The molecule has 1 amide bonds. The van der Waals surface area contributed by atoms with E-state index in [1.54, 1.807) is 0 Å². The highest BCUT2D eigenvalue weighted by Crippen LogP contribution is 2.22. The van der Waals surface area contributed by atoms with Crippen molar-refractivity contribution >= 4 is 17.5 Å². The normalized spacial score (nSPS) is 21.5. The van der Waals surface area contributed by atoms with E-state index in [-0.39, 0.29) is 11.8 Å². The summed E-state index contributed by atoms with van der Waals surface area (Å²) >= 11 is 0. The van der Waals surface area contributed by atoms with Gasteiger partial charge in [-0.2, -0.15) is 0 Å². The van der Waals surface area contributed by atoms with Gasteiger partial charge in [-0.1, -0.05) is 6.92 Å². The average Bonchev–Trinajstić information content (AvgIpc) is 2.71. The predicted octanol–water partition coefficient (Wildman–Crippen LogP) is 2.00. The zero-order chi connectivity index (χ0) is 19.9. The van der Waals surface area contributed by atoms with E-state index < -0.39 is 0 Å². The molecule has 2 saturated heterocycles. The molecule has 2 aliphatic rings. The van der Waals surface area contributed by atoms with E-state index in [2.05, 4.69) is 32.2 Å². The number of hydrogen-bond acceptors (Lipinski definition) is 6. The van der Waals surface area contributed by atoms with Crippen LogP contribution in [-0.2, 0) is 4.79 Å². The van der Waals surface area contributed by atoms with Crippen molar-refractivity contribution in [3.63, 3.8) is 0 Å². The van der Waals surface area contributed by atoms with Crippen LogP contribution in [0, 0.1) is 11.8 Å². The summed E-state index contributed by atoms with van der Waals surface area (Å²) in [6.07, 6.45) is 5.48. The molecule has 1 unspecified atom stereocenters. The summed E-state index contributed by atoms with van der Waals surface area (Å²) in [6, 6.07) is 4.01. The zero-order valence-corrected chi connectivity index (χ0v) is 17.7. The summed E-state index contributed by atoms with van der Waals surface area (Å²) in [6.45, 7) is 8.38. The van der Waals surface area contributed by atoms with Gasteiger partial charge < -0.3 is 20.0 Å². The van der Waals surface area contributed by atoms with Crippen LogP contribution >= 0.6 is 0 Å². The minimum Gasteiger partial charge on any atom is -0.361 e. The molecule has 2 fully saturated rings. The molecule has 28 heavy (non-hydrogen) atoms. The number of piperidine rings is 2. The summed E-state index contributed by atoms with van der Waals surface area (Å²) in [4.78, 5) is 19.2. The highest BCUT2D eigenvalue weighted by Gasteiger charge is 2.25. The molecule has 0 saturated carbocycles. The Morgan fingerprint density at radius 1 is 1.18 bits per heavy atom. The first-order valence-electron chi connectivity index (χ1n) is 10.8. The van der Waals surface area contributed by atoms with Crippen molar-refractivity contribution in [2.75, 3.05) is 63.2 Å². The lowest BCUT2D eigenvalue weighted by Crippen LogP contribution is -2.42. The summed E-state index contributed by atoms with van der Waals surface area (Å²) in [5.41, 5.74) is 0. The lowest BCUT2D eigenvalue weighted by Gasteiger charge is -2.32. The van der Waals surface area contributed by atoms with Gasteiger partial charge in [0.15, 0.2) is 11.6 Å². The second-order valence-electron chi connectivity index (χ2n) is 8.60. The van der Waals surface area contributed by atoms with Gasteiger partial charge in [0.05, 0.1) is 0 Å². The van der Waals surface area contributed by atoms with Gasteiger partial charge in [-0.05, 0) is 63.2 Å². The number of anilines is 2. The molecule has 0 spiro atoms. The minimum absolute atomic E-state index is 0.125. The van der Waals surface area contributed by atoms with Crippen molar-refractivity contribution in [3.8, 4) is 0 Å². The van der Waals surface area contributed by atoms with E-state index >= 15 is 0 Å². The average molecular weight is 389 g/mol.